The third-order valence-corrected chi connectivity index (χ3v) is 4.74. The molecule has 0 amide bonds. The van der Waals surface area contributed by atoms with Crippen LogP contribution in [0.5, 0.6) is 0 Å². The molecule has 0 heterocycles. The van der Waals surface area contributed by atoms with Gasteiger partial charge in [0.05, 0.1) is 0 Å². The molecule has 1 atom stereocenters. The highest BCUT2D eigenvalue weighted by atomic mass is 32.2. The molecule has 1 fully saturated rings. The fraction of sp³-hybridized carbons (Fsp3) is 0.571. The molecule has 3 N–H and O–H groups in total. The molecule has 2 rings (SSSR count). The Balaban J connectivity index is 1.82. The van der Waals surface area contributed by atoms with E-state index in [4.69, 9.17) is 5.84 Å². The molecule has 0 bridgehead atoms. The van der Waals surface area contributed by atoms with Crippen molar-refractivity contribution in [2.75, 3.05) is 5.75 Å². The summed E-state index contributed by atoms with van der Waals surface area (Å²) < 4.78 is 0. The fourth-order valence-electron chi connectivity index (χ4n) is 2.56. The van der Waals surface area contributed by atoms with Crippen LogP contribution in [0, 0.1) is 5.92 Å². The number of hydrogen-bond donors (Lipinski definition) is 2. The van der Waals surface area contributed by atoms with E-state index < -0.39 is 0 Å². The van der Waals surface area contributed by atoms with Crippen LogP contribution in [0.2, 0.25) is 0 Å². The second-order valence-corrected chi connectivity index (χ2v) is 5.89. The normalized spacial score (nSPS) is 19.1. The van der Waals surface area contributed by atoms with Gasteiger partial charge in [0.2, 0.25) is 0 Å². The Morgan fingerprint density at radius 1 is 1.18 bits per heavy atom. The van der Waals surface area contributed by atoms with Gasteiger partial charge in [-0.25, -0.2) is 0 Å². The van der Waals surface area contributed by atoms with Crippen LogP contribution in [-0.2, 0) is 0 Å². The second kappa shape index (κ2) is 7.04. The molecular weight excluding hydrogens is 228 g/mol. The molecule has 1 unspecified atom stereocenters. The van der Waals surface area contributed by atoms with Crippen molar-refractivity contribution < 1.29 is 0 Å². The van der Waals surface area contributed by atoms with Gasteiger partial charge in [-0.1, -0.05) is 37.5 Å². The predicted molar refractivity (Wildman–Crippen MR) is 74.9 cm³/mol. The molecule has 1 aliphatic carbocycles. The van der Waals surface area contributed by atoms with Crippen molar-refractivity contribution in [2.24, 2.45) is 11.8 Å². The lowest BCUT2D eigenvalue weighted by Crippen LogP contribution is -2.43. The topological polar surface area (TPSA) is 38.0 Å². The third kappa shape index (κ3) is 4.02. The fourth-order valence-corrected chi connectivity index (χ4v) is 3.65. The lowest BCUT2D eigenvalue weighted by Gasteiger charge is -2.29. The Bertz CT molecular complexity index is 309. The van der Waals surface area contributed by atoms with Gasteiger partial charge in [0, 0.05) is 16.7 Å². The van der Waals surface area contributed by atoms with Crippen LogP contribution < -0.4 is 11.3 Å². The zero-order valence-corrected chi connectivity index (χ0v) is 11.1. The average molecular weight is 250 g/mol. The van der Waals surface area contributed by atoms with Gasteiger partial charge in [-0.05, 0) is 30.9 Å². The number of hydrogen-bond acceptors (Lipinski definition) is 3. The highest BCUT2D eigenvalue weighted by Crippen LogP contribution is 2.29. The van der Waals surface area contributed by atoms with Gasteiger partial charge in [-0.2, -0.15) is 0 Å². The van der Waals surface area contributed by atoms with E-state index in [1.54, 1.807) is 0 Å². The summed E-state index contributed by atoms with van der Waals surface area (Å²) in [6.07, 6.45) is 6.83. The molecule has 1 aromatic rings. The van der Waals surface area contributed by atoms with Crippen LogP contribution >= 0.6 is 11.8 Å². The van der Waals surface area contributed by atoms with Gasteiger partial charge in [0.15, 0.2) is 0 Å². The second-order valence-electron chi connectivity index (χ2n) is 4.80. The summed E-state index contributed by atoms with van der Waals surface area (Å²) in [5, 5.41) is 0. The molecule has 0 saturated heterocycles. The van der Waals surface area contributed by atoms with Gasteiger partial charge < -0.3 is 0 Å². The highest BCUT2D eigenvalue weighted by Gasteiger charge is 2.22. The van der Waals surface area contributed by atoms with Crippen LogP contribution in [0.25, 0.3) is 0 Å². The van der Waals surface area contributed by atoms with E-state index in [0.29, 0.717) is 6.04 Å². The molecule has 2 nitrogen and oxygen atoms in total. The van der Waals surface area contributed by atoms with Gasteiger partial charge in [-0.3, -0.25) is 11.3 Å². The zero-order valence-electron chi connectivity index (χ0n) is 10.3. The molecule has 17 heavy (non-hydrogen) atoms. The van der Waals surface area contributed by atoms with Crippen LogP contribution in [0.3, 0.4) is 0 Å². The van der Waals surface area contributed by atoms with E-state index in [-0.39, 0.29) is 0 Å². The summed E-state index contributed by atoms with van der Waals surface area (Å²) in [5.41, 5.74) is 3.02. The summed E-state index contributed by atoms with van der Waals surface area (Å²) >= 11 is 1.90. The highest BCUT2D eigenvalue weighted by molar-refractivity contribution is 7.99. The Morgan fingerprint density at radius 3 is 2.53 bits per heavy atom. The van der Waals surface area contributed by atoms with Crippen molar-refractivity contribution in [3.05, 3.63) is 30.3 Å². The lowest BCUT2D eigenvalue weighted by atomic mass is 9.85. The lowest BCUT2D eigenvalue weighted by molar-refractivity contribution is 0.287. The van der Waals surface area contributed by atoms with E-state index in [9.17, 15) is 0 Å². The maximum Gasteiger partial charge on any atom is 0.0332 e. The molecule has 0 aromatic heterocycles. The first-order valence-corrected chi connectivity index (χ1v) is 7.52. The van der Waals surface area contributed by atoms with Crippen LogP contribution in [0.15, 0.2) is 35.2 Å². The molecule has 1 aromatic carbocycles. The van der Waals surface area contributed by atoms with Crippen LogP contribution in [0.4, 0.5) is 0 Å². The van der Waals surface area contributed by atoms with E-state index in [1.165, 1.54) is 37.0 Å². The molecule has 0 radical (unpaired) electrons. The first-order chi connectivity index (χ1) is 8.40. The van der Waals surface area contributed by atoms with Gasteiger partial charge >= 0.3 is 0 Å². The minimum absolute atomic E-state index is 0.459. The molecular formula is C14H22N2S. The van der Waals surface area contributed by atoms with Crippen molar-refractivity contribution in [1.82, 2.24) is 5.43 Å². The first-order valence-electron chi connectivity index (χ1n) is 6.54. The summed E-state index contributed by atoms with van der Waals surface area (Å²) in [5.74, 6) is 7.55. The molecule has 1 aliphatic rings. The van der Waals surface area contributed by atoms with Crippen molar-refractivity contribution in [1.29, 1.82) is 0 Å². The Labute approximate surface area is 108 Å². The van der Waals surface area contributed by atoms with E-state index in [0.717, 1.165) is 11.7 Å². The molecule has 1 saturated carbocycles. The monoisotopic (exact) mass is 250 g/mol. The van der Waals surface area contributed by atoms with Crippen LogP contribution in [0.1, 0.15) is 32.1 Å². The SMILES string of the molecule is NNC(CSc1ccccc1)C1CCCCC1. The van der Waals surface area contributed by atoms with Crippen molar-refractivity contribution >= 4 is 11.8 Å². The third-order valence-electron chi connectivity index (χ3n) is 3.61. The Hall–Kier alpha value is -0.510. The first kappa shape index (κ1) is 12.9. The standard InChI is InChI=1S/C14H22N2S/c15-16-14(12-7-3-1-4-8-12)11-17-13-9-5-2-6-10-13/h2,5-6,9-10,12,14,16H,1,3-4,7-8,11,15H2. The largest absolute Gasteiger partial charge is 0.271 e. The van der Waals surface area contributed by atoms with Crippen molar-refractivity contribution in [2.45, 2.75) is 43.0 Å². The minimum Gasteiger partial charge on any atom is -0.271 e. The van der Waals surface area contributed by atoms with Crippen LogP contribution in [-0.4, -0.2) is 11.8 Å². The summed E-state index contributed by atoms with van der Waals surface area (Å²) in [6.45, 7) is 0. The number of nitrogens with one attached hydrogen (secondary N) is 1. The van der Waals surface area contributed by atoms with E-state index >= 15 is 0 Å². The molecule has 3 heteroatoms. The quantitative estimate of drug-likeness (QED) is 0.479. The maximum absolute atomic E-state index is 5.70. The number of rotatable bonds is 5. The summed E-state index contributed by atoms with van der Waals surface area (Å²) in [6, 6.07) is 11.0. The minimum atomic E-state index is 0.459. The average Bonchev–Trinajstić information content (AvgIpc) is 2.42. The smallest absolute Gasteiger partial charge is 0.0332 e. The number of thioether (sulfide) groups is 1. The van der Waals surface area contributed by atoms with Crippen molar-refractivity contribution in [3.8, 4) is 0 Å². The molecule has 94 valence electrons. The Morgan fingerprint density at radius 2 is 1.88 bits per heavy atom. The number of benzene rings is 1. The predicted octanol–water partition coefficient (Wildman–Crippen LogP) is 3.19. The summed E-state index contributed by atoms with van der Waals surface area (Å²) in [7, 11) is 0. The number of nitrogens with two attached hydrogens (primary N) is 1. The number of hydrazine groups is 1. The zero-order chi connectivity index (χ0) is 11.9. The molecule has 0 aliphatic heterocycles. The van der Waals surface area contributed by atoms with E-state index in [2.05, 4.69) is 35.8 Å². The molecule has 0 spiro atoms. The van der Waals surface area contributed by atoms with E-state index in [1.807, 2.05) is 11.8 Å². The maximum atomic E-state index is 5.70. The van der Waals surface area contributed by atoms with Crippen molar-refractivity contribution in [3.63, 3.8) is 0 Å². The van der Waals surface area contributed by atoms with Gasteiger partial charge in [0.25, 0.3) is 0 Å². The van der Waals surface area contributed by atoms with Gasteiger partial charge in [0.1, 0.15) is 0 Å². The Kier molecular flexibility index (Phi) is 5.36. The van der Waals surface area contributed by atoms with Gasteiger partial charge in [-0.15, -0.1) is 11.8 Å². The summed E-state index contributed by atoms with van der Waals surface area (Å²) in [4.78, 5) is 1.34.